The second-order valence-electron chi connectivity index (χ2n) is 5.23. The van der Waals surface area contributed by atoms with E-state index >= 15 is 0 Å². The lowest BCUT2D eigenvalue weighted by Gasteiger charge is -2.07. The molecule has 2 aromatic heterocycles. The number of nitrogens with zero attached hydrogens (tertiary/aromatic N) is 2. The molecule has 3 rings (SSSR count). The van der Waals surface area contributed by atoms with Crippen LogP contribution in [0.4, 0.5) is 0 Å². The van der Waals surface area contributed by atoms with Crippen molar-refractivity contribution in [3.63, 3.8) is 0 Å². The number of amides is 1. The van der Waals surface area contributed by atoms with Gasteiger partial charge >= 0.3 is 5.63 Å². The maximum absolute atomic E-state index is 12.5. The van der Waals surface area contributed by atoms with Crippen LogP contribution in [-0.2, 0) is 13.1 Å². The van der Waals surface area contributed by atoms with Crippen LogP contribution in [0.5, 0.6) is 5.75 Å². The molecule has 0 aliphatic heterocycles. The third-order valence-corrected chi connectivity index (χ3v) is 3.66. The van der Waals surface area contributed by atoms with Crippen LogP contribution in [0.25, 0.3) is 11.0 Å². The highest BCUT2D eigenvalue weighted by molar-refractivity contribution is 6.05. The van der Waals surface area contributed by atoms with E-state index in [2.05, 4.69) is 10.4 Å². The number of methoxy groups -OCH3 is 1. The minimum Gasteiger partial charge on any atom is -0.497 e. The summed E-state index contributed by atoms with van der Waals surface area (Å²) in [5.74, 6) is 0.206. The molecule has 0 fully saturated rings. The molecule has 7 nitrogen and oxygen atoms in total. The van der Waals surface area contributed by atoms with Crippen molar-refractivity contribution in [1.29, 1.82) is 0 Å². The number of carbonyl (C=O) groups excluding carboxylic acids is 1. The average molecular weight is 327 g/mol. The van der Waals surface area contributed by atoms with Gasteiger partial charge in [-0.3, -0.25) is 9.48 Å². The second-order valence-corrected chi connectivity index (χ2v) is 5.23. The van der Waals surface area contributed by atoms with E-state index in [0.717, 1.165) is 12.1 Å². The van der Waals surface area contributed by atoms with E-state index in [1.807, 2.05) is 13.1 Å². The Morgan fingerprint density at radius 3 is 2.92 bits per heavy atom. The molecule has 2 heterocycles. The fourth-order valence-corrected chi connectivity index (χ4v) is 2.41. The van der Waals surface area contributed by atoms with Gasteiger partial charge in [-0.2, -0.15) is 5.10 Å². The van der Waals surface area contributed by atoms with Crippen molar-refractivity contribution in [2.45, 2.75) is 20.0 Å². The highest BCUT2D eigenvalue weighted by Crippen LogP contribution is 2.22. The third-order valence-electron chi connectivity index (χ3n) is 3.66. The number of rotatable bonds is 5. The summed E-state index contributed by atoms with van der Waals surface area (Å²) >= 11 is 0. The molecule has 3 aromatic rings. The molecule has 7 heteroatoms. The Hall–Kier alpha value is -3.09. The lowest BCUT2D eigenvalue weighted by Crippen LogP contribution is -2.24. The summed E-state index contributed by atoms with van der Waals surface area (Å²) in [5.41, 5.74) is 0.886. The molecule has 1 amide bonds. The lowest BCUT2D eigenvalue weighted by molar-refractivity contribution is 0.0952. The number of nitrogens with one attached hydrogen (secondary N) is 1. The fourth-order valence-electron chi connectivity index (χ4n) is 2.41. The van der Waals surface area contributed by atoms with Gasteiger partial charge in [-0.25, -0.2) is 4.79 Å². The van der Waals surface area contributed by atoms with Gasteiger partial charge in [-0.05, 0) is 19.1 Å². The zero-order valence-electron chi connectivity index (χ0n) is 13.4. The van der Waals surface area contributed by atoms with Crippen LogP contribution >= 0.6 is 0 Å². The van der Waals surface area contributed by atoms with E-state index in [1.54, 1.807) is 29.1 Å². The predicted octanol–water partition coefficient (Wildman–Crippen LogP) is 1.95. The van der Waals surface area contributed by atoms with Crippen molar-refractivity contribution in [3.05, 3.63) is 58.2 Å². The van der Waals surface area contributed by atoms with Gasteiger partial charge < -0.3 is 14.5 Å². The highest BCUT2D eigenvalue weighted by atomic mass is 16.5. The summed E-state index contributed by atoms with van der Waals surface area (Å²) in [6.45, 7) is 3.08. The first-order chi connectivity index (χ1) is 11.6. The Morgan fingerprint density at radius 2 is 2.21 bits per heavy atom. The van der Waals surface area contributed by atoms with Gasteiger partial charge in [0, 0.05) is 42.4 Å². The number of benzene rings is 1. The Morgan fingerprint density at radius 1 is 1.38 bits per heavy atom. The van der Waals surface area contributed by atoms with Crippen molar-refractivity contribution < 1.29 is 13.9 Å². The molecule has 124 valence electrons. The van der Waals surface area contributed by atoms with Crippen LogP contribution < -0.4 is 15.7 Å². The van der Waals surface area contributed by atoms with Crippen LogP contribution in [0.3, 0.4) is 0 Å². The first-order valence-electron chi connectivity index (χ1n) is 7.52. The number of aromatic nitrogens is 2. The Balaban J connectivity index is 1.87. The van der Waals surface area contributed by atoms with Crippen molar-refractivity contribution in [2.75, 3.05) is 7.11 Å². The molecule has 0 unspecified atom stereocenters. The summed E-state index contributed by atoms with van der Waals surface area (Å²) in [5, 5.41) is 7.50. The van der Waals surface area contributed by atoms with E-state index < -0.39 is 5.63 Å². The van der Waals surface area contributed by atoms with Crippen LogP contribution in [0.15, 0.2) is 45.9 Å². The Kier molecular flexibility index (Phi) is 4.33. The van der Waals surface area contributed by atoms with Crippen molar-refractivity contribution in [1.82, 2.24) is 15.1 Å². The van der Waals surface area contributed by atoms with Gasteiger partial charge in [0.05, 0.1) is 18.9 Å². The minimum absolute atomic E-state index is 0.270. The van der Waals surface area contributed by atoms with E-state index in [-0.39, 0.29) is 11.5 Å². The molecule has 1 N–H and O–H groups in total. The smallest absolute Gasteiger partial charge is 0.337 e. The van der Waals surface area contributed by atoms with Crippen molar-refractivity contribution in [2.24, 2.45) is 0 Å². The Bertz CT molecular complexity index is 942. The number of hydrogen-bond acceptors (Lipinski definition) is 5. The number of hydrogen-bond donors (Lipinski definition) is 1. The Labute approximate surface area is 137 Å². The molecule has 24 heavy (non-hydrogen) atoms. The van der Waals surface area contributed by atoms with Crippen molar-refractivity contribution >= 4 is 16.9 Å². The number of aryl methyl sites for hydroxylation is 1. The topological polar surface area (TPSA) is 86.4 Å². The number of fused-ring (bicyclic) bond motifs is 1. The fraction of sp³-hybridized carbons (Fsp3) is 0.235. The number of carbonyl (C=O) groups is 1. The van der Waals surface area contributed by atoms with Gasteiger partial charge in [0.25, 0.3) is 5.91 Å². The van der Waals surface area contributed by atoms with Gasteiger partial charge in [-0.1, -0.05) is 0 Å². The largest absolute Gasteiger partial charge is 0.497 e. The second kappa shape index (κ2) is 6.57. The van der Waals surface area contributed by atoms with Crippen molar-refractivity contribution in [3.8, 4) is 5.75 Å². The molecule has 1 aromatic carbocycles. The van der Waals surface area contributed by atoms with Gasteiger partial charge in [0.1, 0.15) is 11.3 Å². The van der Waals surface area contributed by atoms with Gasteiger partial charge in [-0.15, -0.1) is 0 Å². The monoisotopic (exact) mass is 327 g/mol. The normalized spacial score (nSPS) is 10.8. The standard InChI is InChI=1S/C17H17N3O4/c1-3-20-10-11(9-19-20)8-18-17(22)14-7-16(21)24-15-6-12(23-2)4-5-13(14)15/h4-7,9-10H,3,8H2,1-2H3,(H,18,22). The summed E-state index contributed by atoms with van der Waals surface area (Å²) in [6.07, 6.45) is 3.56. The summed E-state index contributed by atoms with van der Waals surface area (Å²) in [6, 6.07) is 6.18. The molecule has 0 spiro atoms. The van der Waals surface area contributed by atoms with Crippen LogP contribution in [0.1, 0.15) is 22.8 Å². The predicted molar refractivity (Wildman–Crippen MR) is 88.1 cm³/mol. The molecule has 0 atom stereocenters. The molecular formula is C17H17N3O4. The molecule has 0 aliphatic carbocycles. The molecule has 0 saturated carbocycles. The van der Waals surface area contributed by atoms with E-state index in [4.69, 9.17) is 9.15 Å². The molecule has 0 bridgehead atoms. The van der Waals surface area contributed by atoms with E-state index in [0.29, 0.717) is 23.3 Å². The highest BCUT2D eigenvalue weighted by Gasteiger charge is 2.14. The number of ether oxygens (including phenoxy) is 1. The van der Waals surface area contributed by atoms with Crippen LogP contribution in [-0.4, -0.2) is 22.8 Å². The van der Waals surface area contributed by atoms with E-state index in [1.165, 1.54) is 13.2 Å². The SMILES string of the molecule is CCn1cc(CNC(=O)c2cc(=O)oc3cc(OC)ccc23)cn1. The van der Waals surface area contributed by atoms with Crippen LogP contribution in [0.2, 0.25) is 0 Å². The lowest BCUT2D eigenvalue weighted by atomic mass is 10.1. The molecule has 0 aliphatic rings. The van der Waals surface area contributed by atoms with Crippen LogP contribution in [0, 0.1) is 0 Å². The maximum atomic E-state index is 12.5. The first kappa shape index (κ1) is 15.8. The van der Waals surface area contributed by atoms with E-state index in [9.17, 15) is 9.59 Å². The average Bonchev–Trinajstić information content (AvgIpc) is 3.06. The summed E-state index contributed by atoms with van der Waals surface area (Å²) < 4.78 is 12.0. The quantitative estimate of drug-likeness (QED) is 0.724. The van der Waals surface area contributed by atoms with Gasteiger partial charge in [0.2, 0.25) is 0 Å². The van der Waals surface area contributed by atoms with Gasteiger partial charge in [0.15, 0.2) is 0 Å². The zero-order valence-corrected chi connectivity index (χ0v) is 13.4. The summed E-state index contributed by atoms with van der Waals surface area (Å²) in [4.78, 5) is 24.2. The maximum Gasteiger partial charge on any atom is 0.337 e. The summed E-state index contributed by atoms with van der Waals surface area (Å²) in [7, 11) is 1.52. The zero-order chi connectivity index (χ0) is 17.1. The first-order valence-corrected chi connectivity index (χ1v) is 7.52. The molecule has 0 saturated heterocycles. The minimum atomic E-state index is -0.584. The third kappa shape index (κ3) is 3.15. The molecular weight excluding hydrogens is 310 g/mol. The molecule has 0 radical (unpaired) electrons.